The van der Waals surface area contributed by atoms with Crippen LogP contribution in [0.1, 0.15) is 23.7 Å². The van der Waals surface area contributed by atoms with Gasteiger partial charge in [0.05, 0.1) is 9.82 Å². The number of nitrogens with zero attached hydrogens (tertiary/aromatic N) is 1. The maximum absolute atomic E-state index is 12.3. The molecule has 2 aromatic rings. The van der Waals surface area contributed by atoms with Gasteiger partial charge in [-0.15, -0.1) is 0 Å². The zero-order valence-corrected chi connectivity index (χ0v) is 13.0. The fraction of sp³-hybridized carbons (Fsp3) is 0.133. The maximum atomic E-state index is 12.3. The van der Waals surface area contributed by atoms with E-state index in [2.05, 4.69) is 4.72 Å². The molecular weight excluding hydrogens is 320 g/mol. The number of non-ortho nitro benzene ring substituents is 1. The Morgan fingerprint density at radius 3 is 2.39 bits per heavy atom. The summed E-state index contributed by atoms with van der Waals surface area (Å²) in [4.78, 5) is 21.5. The SMILES string of the molecule is CCC(=O)c1cccc(NS(=O)(=O)c2ccc([N+](=O)[O-])cc2)c1. The summed E-state index contributed by atoms with van der Waals surface area (Å²) < 4.78 is 26.9. The first-order valence-corrected chi connectivity index (χ1v) is 8.22. The number of nitrogens with one attached hydrogen (secondary N) is 1. The van der Waals surface area contributed by atoms with Gasteiger partial charge in [-0.2, -0.15) is 0 Å². The molecule has 1 N–H and O–H groups in total. The fourth-order valence-corrected chi connectivity index (χ4v) is 2.97. The van der Waals surface area contributed by atoms with Gasteiger partial charge in [-0.05, 0) is 24.3 Å². The number of sulfonamides is 1. The number of nitro benzene ring substituents is 1. The summed E-state index contributed by atoms with van der Waals surface area (Å²) in [5, 5.41) is 10.6. The molecule has 120 valence electrons. The summed E-state index contributed by atoms with van der Waals surface area (Å²) in [5.41, 5.74) is 0.471. The van der Waals surface area contributed by atoms with Gasteiger partial charge >= 0.3 is 0 Å². The van der Waals surface area contributed by atoms with Gasteiger partial charge in [-0.1, -0.05) is 19.1 Å². The van der Waals surface area contributed by atoms with Gasteiger partial charge < -0.3 is 0 Å². The van der Waals surface area contributed by atoms with Crippen LogP contribution in [0, 0.1) is 10.1 Å². The number of nitro groups is 1. The first kappa shape index (κ1) is 16.6. The van der Waals surface area contributed by atoms with Crippen molar-refractivity contribution in [3.8, 4) is 0 Å². The molecule has 0 aliphatic rings. The van der Waals surface area contributed by atoms with E-state index < -0.39 is 14.9 Å². The monoisotopic (exact) mass is 334 g/mol. The van der Waals surface area contributed by atoms with Gasteiger partial charge in [0.25, 0.3) is 15.7 Å². The summed E-state index contributed by atoms with van der Waals surface area (Å²) in [7, 11) is -3.89. The molecule has 0 aliphatic heterocycles. The van der Waals surface area contributed by atoms with Crippen LogP contribution >= 0.6 is 0 Å². The van der Waals surface area contributed by atoms with Gasteiger partial charge in [0, 0.05) is 29.8 Å². The van der Waals surface area contributed by atoms with Crippen LogP contribution in [0.2, 0.25) is 0 Å². The minimum atomic E-state index is -3.89. The van der Waals surface area contributed by atoms with Crippen molar-refractivity contribution in [1.82, 2.24) is 0 Å². The highest BCUT2D eigenvalue weighted by molar-refractivity contribution is 7.92. The van der Waals surface area contributed by atoms with Gasteiger partial charge in [-0.25, -0.2) is 8.42 Å². The van der Waals surface area contributed by atoms with Gasteiger partial charge in [0.2, 0.25) is 0 Å². The minimum Gasteiger partial charge on any atom is -0.294 e. The van der Waals surface area contributed by atoms with Crippen LogP contribution in [-0.2, 0) is 10.0 Å². The molecule has 2 aromatic carbocycles. The number of anilines is 1. The molecule has 0 spiro atoms. The molecule has 0 saturated carbocycles. The smallest absolute Gasteiger partial charge is 0.269 e. The molecule has 0 saturated heterocycles. The Hall–Kier alpha value is -2.74. The van der Waals surface area contributed by atoms with Crippen LogP contribution in [0.3, 0.4) is 0 Å². The Labute approximate surface area is 133 Å². The quantitative estimate of drug-likeness (QED) is 0.496. The van der Waals surface area contributed by atoms with E-state index in [1.54, 1.807) is 19.1 Å². The predicted octanol–water partition coefficient (Wildman–Crippen LogP) is 2.99. The van der Waals surface area contributed by atoms with E-state index in [9.17, 15) is 23.3 Å². The van der Waals surface area contributed by atoms with Gasteiger partial charge in [-0.3, -0.25) is 19.6 Å². The molecule has 2 rings (SSSR count). The van der Waals surface area contributed by atoms with Crippen molar-refractivity contribution in [1.29, 1.82) is 0 Å². The van der Waals surface area contributed by atoms with Gasteiger partial charge in [0.1, 0.15) is 0 Å². The molecule has 0 aromatic heterocycles. The van der Waals surface area contributed by atoms with Crippen molar-refractivity contribution in [3.63, 3.8) is 0 Å². The third-order valence-corrected chi connectivity index (χ3v) is 4.51. The Bertz CT molecular complexity index is 844. The number of hydrogen-bond acceptors (Lipinski definition) is 5. The van der Waals surface area contributed by atoms with E-state index in [1.807, 2.05) is 0 Å². The third-order valence-electron chi connectivity index (χ3n) is 3.12. The molecule has 0 heterocycles. The van der Waals surface area contributed by atoms with E-state index >= 15 is 0 Å². The average Bonchev–Trinajstić information content (AvgIpc) is 2.54. The number of carbonyl (C=O) groups is 1. The highest BCUT2D eigenvalue weighted by Gasteiger charge is 2.16. The zero-order valence-electron chi connectivity index (χ0n) is 12.2. The molecule has 8 heteroatoms. The number of carbonyl (C=O) groups excluding carboxylic acids is 1. The van der Waals surface area contributed by atoms with E-state index in [-0.39, 0.29) is 22.1 Å². The zero-order chi connectivity index (χ0) is 17.0. The topological polar surface area (TPSA) is 106 Å². The second kappa shape index (κ2) is 6.57. The van der Waals surface area contributed by atoms with Crippen LogP contribution in [0.25, 0.3) is 0 Å². The number of rotatable bonds is 6. The molecule has 0 atom stereocenters. The molecule has 0 fully saturated rings. The number of benzene rings is 2. The second-order valence-corrected chi connectivity index (χ2v) is 6.40. The van der Waals surface area contributed by atoms with Crippen LogP contribution < -0.4 is 4.72 Å². The van der Waals surface area contributed by atoms with E-state index in [1.165, 1.54) is 12.1 Å². The minimum absolute atomic E-state index is 0.0959. The standard InChI is InChI=1S/C15H14N2O5S/c1-2-15(18)11-4-3-5-12(10-11)16-23(21,22)14-8-6-13(7-9-14)17(19)20/h3-10,16H,2H2,1H3. The Kier molecular flexibility index (Phi) is 4.75. The van der Waals surface area contributed by atoms with Crippen LogP contribution in [0.5, 0.6) is 0 Å². The molecule has 23 heavy (non-hydrogen) atoms. The van der Waals surface area contributed by atoms with E-state index in [0.717, 1.165) is 24.3 Å². The molecule has 0 unspecified atom stereocenters. The summed E-state index contributed by atoms with van der Waals surface area (Å²) in [5.74, 6) is -0.0959. The molecule has 0 bridgehead atoms. The van der Waals surface area contributed by atoms with Crippen molar-refractivity contribution in [3.05, 3.63) is 64.2 Å². The van der Waals surface area contributed by atoms with Crippen molar-refractivity contribution in [2.45, 2.75) is 18.2 Å². The van der Waals surface area contributed by atoms with Crippen LogP contribution in [0.15, 0.2) is 53.4 Å². The van der Waals surface area contributed by atoms with Crippen molar-refractivity contribution in [2.24, 2.45) is 0 Å². The highest BCUT2D eigenvalue weighted by Crippen LogP contribution is 2.20. The first-order chi connectivity index (χ1) is 10.8. The van der Waals surface area contributed by atoms with Crippen LogP contribution in [0.4, 0.5) is 11.4 Å². The van der Waals surface area contributed by atoms with Crippen molar-refractivity contribution in [2.75, 3.05) is 4.72 Å². The predicted molar refractivity (Wildman–Crippen MR) is 85.0 cm³/mol. The summed E-state index contributed by atoms with van der Waals surface area (Å²) >= 11 is 0. The summed E-state index contributed by atoms with van der Waals surface area (Å²) in [6.07, 6.45) is 0.318. The van der Waals surface area contributed by atoms with Crippen molar-refractivity contribution >= 4 is 27.2 Å². The van der Waals surface area contributed by atoms with Crippen LogP contribution in [-0.4, -0.2) is 19.1 Å². The van der Waals surface area contributed by atoms with E-state index in [0.29, 0.717) is 12.0 Å². The Balaban J connectivity index is 2.27. The number of hydrogen-bond donors (Lipinski definition) is 1. The van der Waals surface area contributed by atoms with Gasteiger partial charge in [0.15, 0.2) is 5.78 Å². The lowest BCUT2D eigenvalue weighted by atomic mass is 10.1. The average molecular weight is 334 g/mol. The summed E-state index contributed by atoms with van der Waals surface area (Å²) in [6.45, 7) is 1.72. The first-order valence-electron chi connectivity index (χ1n) is 6.74. The lowest BCUT2D eigenvalue weighted by molar-refractivity contribution is -0.384. The fourth-order valence-electron chi connectivity index (χ4n) is 1.92. The maximum Gasteiger partial charge on any atom is 0.269 e. The van der Waals surface area contributed by atoms with E-state index in [4.69, 9.17) is 0 Å². The second-order valence-electron chi connectivity index (χ2n) is 4.71. The molecule has 0 amide bonds. The molecule has 7 nitrogen and oxygen atoms in total. The Morgan fingerprint density at radius 2 is 1.83 bits per heavy atom. The largest absolute Gasteiger partial charge is 0.294 e. The third kappa shape index (κ3) is 3.92. The normalized spacial score (nSPS) is 11.0. The Morgan fingerprint density at radius 1 is 1.17 bits per heavy atom. The van der Waals surface area contributed by atoms with Crippen molar-refractivity contribution < 1.29 is 18.1 Å². The summed E-state index contributed by atoms with van der Waals surface area (Å²) in [6, 6.07) is 10.7. The lowest BCUT2D eigenvalue weighted by Gasteiger charge is -2.09. The number of ketones is 1. The molecule has 0 radical (unpaired) electrons. The molecular formula is C15H14N2O5S. The lowest BCUT2D eigenvalue weighted by Crippen LogP contribution is -2.13. The number of Topliss-reactive ketones (excluding diaryl/α,β-unsaturated/α-hetero) is 1. The molecule has 0 aliphatic carbocycles. The highest BCUT2D eigenvalue weighted by atomic mass is 32.2.